The average molecular weight is 723 g/mol. The SMILES string of the molecule is COc1cc(N2CCC(N3CCN(C(C)=O)CC3)CC2)c(C)cc1Nc1ncc(Br)c(Nc2ccc3nccnc3c2P(C)(C)=O)n1. The highest BCUT2D eigenvalue weighted by Crippen LogP contribution is 2.41. The van der Waals surface area contributed by atoms with Gasteiger partial charge in [-0.1, -0.05) is 0 Å². The first-order valence-electron chi connectivity index (χ1n) is 15.8. The van der Waals surface area contributed by atoms with Gasteiger partial charge in [0.2, 0.25) is 11.9 Å². The summed E-state index contributed by atoms with van der Waals surface area (Å²) in [5, 5.41) is 7.32. The summed E-state index contributed by atoms with van der Waals surface area (Å²) in [6.45, 7) is 12.7. The number of piperazine rings is 1. The summed E-state index contributed by atoms with van der Waals surface area (Å²) in [5.74, 6) is 1.76. The second-order valence-corrected chi connectivity index (χ2v) is 16.5. The Morgan fingerprint density at radius 1 is 0.979 bits per heavy atom. The third-order valence-corrected chi connectivity index (χ3v) is 11.1. The normalized spacial score (nSPS) is 16.4. The number of ether oxygens (including phenoxy) is 1. The summed E-state index contributed by atoms with van der Waals surface area (Å²) >= 11 is 3.57. The molecule has 0 atom stereocenters. The van der Waals surface area contributed by atoms with E-state index in [1.807, 2.05) is 17.0 Å². The number of aryl methyl sites for hydroxylation is 1. The lowest BCUT2D eigenvalue weighted by Crippen LogP contribution is -2.54. The fourth-order valence-electron chi connectivity index (χ4n) is 6.59. The van der Waals surface area contributed by atoms with Crippen molar-refractivity contribution in [3.8, 4) is 5.75 Å². The molecule has 1 amide bonds. The fraction of sp³-hybridized carbons (Fsp3) is 0.424. The molecule has 0 radical (unpaired) electrons. The van der Waals surface area contributed by atoms with Gasteiger partial charge in [0.05, 0.1) is 33.8 Å². The number of halogens is 1. The lowest BCUT2D eigenvalue weighted by molar-refractivity contribution is -0.130. The van der Waals surface area contributed by atoms with Crippen molar-refractivity contribution >= 4 is 74.1 Å². The highest BCUT2D eigenvalue weighted by Gasteiger charge is 2.29. The van der Waals surface area contributed by atoms with E-state index in [2.05, 4.69) is 70.4 Å². The van der Waals surface area contributed by atoms with Crippen LogP contribution in [0.1, 0.15) is 25.3 Å². The van der Waals surface area contributed by atoms with E-state index in [0.717, 1.165) is 69.0 Å². The van der Waals surface area contributed by atoms with Crippen LogP contribution in [0.25, 0.3) is 11.0 Å². The number of benzene rings is 2. The quantitative estimate of drug-likeness (QED) is 0.228. The maximum atomic E-state index is 13.4. The highest BCUT2D eigenvalue weighted by molar-refractivity contribution is 9.10. The zero-order valence-electron chi connectivity index (χ0n) is 27.5. The van der Waals surface area contributed by atoms with Gasteiger partial charge in [0.1, 0.15) is 24.2 Å². The van der Waals surface area contributed by atoms with E-state index in [9.17, 15) is 9.36 Å². The number of nitrogens with one attached hydrogen (secondary N) is 2. The van der Waals surface area contributed by atoms with Crippen molar-refractivity contribution in [2.75, 3.05) is 75.2 Å². The van der Waals surface area contributed by atoms with E-state index in [-0.39, 0.29) is 5.91 Å². The molecule has 2 fully saturated rings. The second-order valence-electron chi connectivity index (χ2n) is 12.5. The molecule has 0 bridgehead atoms. The summed E-state index contributed by atoms with van der Waals surface area (Å²) < 4.78 is 19.9. The molecule has 2 aliphatic heterocycles. The van der Waals surface area contributed by atoms with E-state index in [0.29, 0.717) is 50.1 Å². The van der Waals surface area contributed by atoms with Crippen molar-refractivity contribution in [1.82, 2.24) is 29.7 Å². The summed E-state index contributed by atoms with van der Waals surface area (Å²) in [7, 11) is -1.08. The largest absolute Gasteiger partial charge is 0.494 e. The zero-order chi connectivity index (χ0) is 33.3. The molecule has 12 nitrogen and oxygen atoms in total. The molecule has 0 spiro atoms. The summed E-state index contributed by atoms with van der Waals surface area (Å²) in [6, 6.07) is 8.41. The number of hydrogen-bond donors (Lipinski definition) is 2. The Morgan fingerprint density at radius 3 is 2.38 bits per heavy atom. The molecule has 14 heteroatoms. The maximum Gasteiger partial charge on any atom is 0.229 e. The monoisotopic (exact) mass is 721 g/mol. The molecular formula is C33H41BrN9O3P. The van der Waals surface area contributed by atoms with Crippen molar-refractivity contribution in [2.45, 2.75) is 32.7 Å². The van der Waals surface area contributed by atoms with Crippen LogP contribution in [0.4, 0.5) is 28.8 Å². The summed E-state index contributed by atoms with van der Waals surface area (Å²) in [4.78, 5) is 36.8. The molecule has 0 unspecified atom stereocenters. The van der Waals surface area contributed by atoms with Crippen LogP contribution in [0.5, 0.6) is 5.75 Å². The molecule has 0 saturated carbocycles. The number of fused-ring (bicyclic) bond motifs is 1. The summed E-state index contributed by atoms with van der Waals surface area (Å²) in [5.41, 5.74) is 4.97. The number of methoxy groups -OCH3 is 1. The molecule has 248 valence electrons. The first-order chi connectivity index (χ1) is 22.5. The minimum atomic E-state index is -2.74. The predicted molar refractivity (Wildman–Crippen MR) is 192 cm³/mol. The van der Waals surface area contributed by atoms with Gasteiger partial charge in [-0.2, -0.15) is 4.98 Å². The number of anilines is 5. The second kappa shape index (κ2) is 13.7. The van der Waals surface area contributed by atoms with Gasteiger partial charge >= 0.3 is 0 Å². The Labute approximate surface area is 283 Å². The van der Waals surface area contributed by atoms with E-state index >= 15 is 0 Å². The van der Waals surface area contributed by atoms with Crippen LogP contribution in [-0.2, 0) is 9.36 Å². The van der Waals surface area contributed by atoms with Crippen LogP contribution in [0.15, 0.2) is 47.3 Å². The Hall–Kier alpha value is -3.80. The molecular weight excluding hydrogens is 681 g/mol. The van der Waals surface area contributed by atoms with Gasteiger partial charge < -0.3 is 29.7 Å². The number of carbonyl (C=O) groups excluding carboxylic acids is 1. The van der Waals surface area contributed by atoms with E-state index < -0.39 is 7.14 Å². The number of rotatable bonds is 8. The standard InChI is InChI=1S/C33H41BrN9O3P/c1-21-18-27(29(46-3)19-28(21)43-12-8-23(9-13-43)42-16-14-41(15-17-42)22(2)44)39-33-37-20-24(34)32(40-33)38-26-7-6-25-30(36-11-10-35-25)31(26)47(4,5)45/h6-7,10-11,18-20,23H,8-9,12-17H2,1-5H3,(H2,37,38,39,40). The van der Waals surface area contributed by atoms with Gasteiger partial charge in [0.25, 0.3) is 0 Å². The van der Waals surface area contributed by atoms with Crippen LogP contribution in [0.2, 0.25) is 0 Å². The van der Waals surface area contributed by atoms with Crippen LogP contribution in [0, 0.1) is 6.92 Å². The Bertz CT molecular complexity index is 1840. The fourth-order valence-corrected chi connectivity index (χ4v) is 8.27. The maximum absolute atomic E-state index is 13.4. The summed E-state index contributed by atoms with van der Waals surface area (Å²) in [6.07, 6.45) is 7.08. The number of carbonyl (C=O) groups is 1. The number of piperidine rings is 1. The highest BCUT2D eigenvalue weighted by atomic mass is 79.9. The van der Waals surface area contributed by atoms with Crippen LogP contribution in [-0.4, -0.2) is 101 Å². The lowest BCUT2D eigenvalue weighted by Gasteiger charge is -2.43. The molecule has 6 rings (SSSR count). The third-order valence-electron chi connectivity index (χ3n) is 9.00. The first kappa shape index (κ1) is 33.1. The Balaban J connectivity index is 1.18. The van der Waals surface area contributed by atoms with Gasteiger partial charge in [-0.25, -0.2) is 4.98 Å². The van der Waals surface area contributed by atoms with Crippen LogP contribution < -0.4 is 25.6 Å². The van der Waals surface area contributed by atoms with Crippen LogP contribution >= 0.6 is 23.1 Å². The molecule has 4 aromatic rings. The van der Waals surface area contributed by atoms with Gasteiger partial charge in [0.15, 0.2) is 0 Å². The minimum absolute atomic E-state index is 0.169. The Morgan fingerprint density at radius 2 is 1.70 bits per heavy atom. The van der Waals surface area contributed by atoms with Gasteiger partial charge in [-0.15, -0.1) is 0 Å². The molecule has 2 aromatic heterocycles. The molecule has 0 aliphatic carbocycles. The molecule has 4 heterocycles. The number of aromatic nitrogens is 4. The topological polar surface area (TPSA) is 129 Å². The zero-order valence-corrected chi connectivity index (χ0v) is 29.9. The van der Waals surface area contributed by atoms with Gasteiger partial charge in [-0.3, -0.25) is 19.7 Å². The van der Waals surface area contributed by atoms with Gasteiger partial charge in [-0.05, 0) is 72.8 Å². The van der Waals surface area contributed by atoms with Crippen LogP contribution in [0.3, 0.4) is 0 Å². The molecule has 2 aliphatic rings. The van der Waals surface area contributed by atoms with Gasteiger partial charge in [0, 0.05) is 82.6 Å². The van der Waals surface area contributed by atoms with Crippen molar-refractivity contribution in [2.24, 2.45) is 0 Å². The van der Waals surface area contributed by atoms with Crippen molar-refractivity contribution in [1.29, 1.82) is 0 Å². The average Bonchev–Trinajstić information content (AvgIpc) is 3.06. The van der Waals surface area contributed by atoms with Crippen molar-refractivity contribution in [3.05, 3.63) is 52.9 Å². The third kappa shape index (κ3) is 7.22. The smallest absolute Gasteiger partial charge is 0.229 e. The van der Waals surface area contributed by atoms with E-state index in [1.54, 1.807) is 46.0 Å². The lowest BCUT2D eigenvalue weighted by atomic mass is 10.0. The van der Waals surface area contributed by atoms with Crippen molar-refractivity contribution < 1.29 is 14.1 Å². The van der Waals surface area contributed by atoms with E-state index in [4.69, 9.17) is 9.72 Å². The number of amides is 1. The van der Waals surface area contributed by atoms with E-state index in [1.165, 1.54) is 0 Å². The molecule has 2 aromatic carbocycles. The molecule has 47 heavy (non-hydrogen) atoms. The Kier molecular flexibility index (Phi) is 9.68. The number of hydrogen-bond acceptors (Lipinski definition) is 11. The molecule has 2 N–H and O–H groups in total. The number of nitrogens with zero attached hydrogens (tertiary/aromatic N) is 7. The predicted octanol–water partition coefficient (Wildman–Crippen LogP) is 5.37. The first-order valence-corrected chi connectivity index (χ1v) is 19.2. The minimum Gasteiger partial charge on any atom is -0.494 e. The molecule has 2 saturated heterocycles. The van der Waals surface area contributed by atoms with Crippen molar-refractivity contribution in [3.63, 3.8) is 0 Å².